The summed E-state index contributed by atoms with van der Waals surface area (Å²) in [5.41, 5.74) is 0.581. The summed E-state index contributed by atoms with van der Waals surface area (Å²) in [5, 5.41) is 0. The second kappa shape index (κ2) is 9.26. The lowest BCUT2D eigenvalue weighted by Crippen LogP contribution is -2.29. The highest BCUT2D eigenvalue weighted by Gasteiger charge is 2.52. The summed E-state index contributed by atoms with van der Waals surface area (Å²) in [7, 11) is 0. The molecule has 1 aromatic rings. The molecule has 5 nitrogen and oxygen atoms in total. The first-order valence-electron chi connectivity index (χ1n) is 10.0. The van der Waals surface area contributed by atoms with Crippen LogP contribution in [-0.2, 0) is 9.47 Å². The second-order valence-corrected chi connectivity index (χ2v) is 7.74. The van der Waals surface area contributed by atoms with Gasteiger partial charge < -0.3 is 14.2 Å². The van der Waals surface area contributed by atoms with Crippen LogP contribution < -0.4 is 4.74 Å². The van der Waals surface area contributed by atoms with Crippen molar-refractivity contribution in [2.75, 3.05) is 32.8 Å². The maximum atomic E-state index is 12.2. The lowest BCUT2D eigenvalue weighted by molar-refractivity contribution is 0.0430. The van der Waals surface area contributed by atoms with Crippen molar-refractivity contribution >= 4 is 18.4 Å². The Bertz CT molecular complexity index is 605. The van der Waals surface area contributed by atoms with E-state index in [1.54, 1.807) is 12.1 Å². The molecule has 3 heterocycles. The van der Waals surface area contributed by atoms with Gasteiger partial charge in [-0.05, 0) is 43.5 Å². The third-order valence-corrected chi connectivity index (χ3v) is 6.03. The summed E-state index contributed by atoms with van der Waals surface area (Å²) in [6, 6.07) is 7.23. The molecule has 3 fully saturated rings. The number of unbranched alkanes of at least 4 members (excludes halogenated alkanes) is 1. The van der Waals surface area contributed by atoms with Crippen molar-refractivity contribution in [2.45, 2.75) is 44.8 Å². The molecule has 27 heavy (non-hydrogen) atoms. The van der Waals surface area contributed by atoms with Crippen molar-refractivity contribution in [1.82, 2.24) is 4.90 Å². The minimum atomic E-state index is -0.257. The van der Waals surface area contributed by atoms with E-state index in [4.69, 9.17) is 14.2 Å². The summed E-state index contributed by atoms with van der Waals surface area (Å²) in [4.78, 5) is 14.6. The van der Waals surface area contributed by atoms with Gasteiger partial charge in [0.25, 0.3) is 0 Å². The summed E-state index contributed by atoms with van der Waals surface area (Å²) in [6.45, 7) is 6.29. The highest BCUT2D eigenvalue weighted by atomic mass is 35.5. The van der Waals surface area contributed by atoms with Gasteiger partial charge in [0.05, 0.1) is 24.4 Å². The molecule has 3 saturated heterocycles. The first-order valence-corrected chi connectivity index (χ1v) is 10.0. The van der Waals surface area contributed by atoms with Gasteiger partial charge in [-0.1, -0.05) is 13.3 Å². The van der Waals surface area contributed by atoms with Crippen LogP contribution in [0.2, 0.25) is 0 Å². The number of hydrogen-bond acceptors (Lipinski definition) is 5. The number of fused-ring (bicyclic) bond motifs is 5. The number of rotatable bonds is 8. The Morgan fingerprint density at radius 1 is 1.11 bits per heavy atom. The van der Waals surface area contributed by atoms with Crippen LogP contribution in [-0.4, -0.2) is 55.9 Å². The molecular weight excluding hydrogens is 366 g/mol. The van der Waals surface area contributed by atoms with Crippen molar-refractivity contribution in [3.8, 4) is 5.75 Å². The fraction of sp³-hybridized carbons (Fsp3) is 0.667. The van der Waals surface area contributed by atoms with Crippen LogP contribution in [0.1, 0.15) is 43.0 Å². The van der Waals surface area contributed by atoms with Crippen molar-refractivity contribution in [3.05, 3.63) is 29.8 Å². The fourth-order valence-corrected chi connectivity index (χ4v) is 4.60. The van der Waals surface area contributed by atoms with Crippen LogP contribution in [0.4, 0.5) is 0 Å². The molecule has 0 radical (unpaired) electrons. The smallest absolute Gasteiger partial charge is 0.338 e. The quantitative estimate of drug-likeness (QED) is 0.497. The van der Waals surface area contributed by atoms with Gasteiger partial charge in [-0.2, -0.15) is 0 Å². The molecular formula is C21H30ClNO4. The maximum absolute atomic E-state index is 12.2. The third-order valence-electron chi connectivity index (χ3n) is 6.03. The van der Waals surface area contributed by atoms with Gasteiger partial charge in [0.2, 0.25) is 0 Å². The number of ether oxygens (including phenoxy) is 3. The summed E-state index contributed by atoms with van der Waals surface area (Å²) in [6.07, 6.45) is 5.57. The summed E-state index contributed by atoms with van der Waals surface area (Å²) < 4.78 is 17.1. The largest absolute Gasteiger partial charge is 0.494 e. The molecule has 0 N–H and O–H groups in total. The Labute approximate surface area is 167 Å². The zero-order chi connectivity index (χ0) is 17.9. The number of esters is 1. The zero-order valence-electron chi connectivity index (χ0n) is 16.0. The van der Waals surface area contributed by atoms with Crippen LogP contribution in [0, 0.1) is 11.8 Å². The SMILES string of the molecule is CCCCOc1ccc(C(=O)OCCN2CC3C4CCC(O4)C3C2)cc1.Cl. The number of halogens is 1. The molecule has 0 saturated carbocycles. The number of nitrogens with zero attached hydrogens (tertiary/aromatic N) is 1. The normalized spacial score (nSPS) is 28.6. The van der Waals surface area contributed by atoms with E-state index in [9.17, 15) is 4.79 Å². The van der Waals surface area contributed by atoms with E-state index >= 15 is 0 Å². The fourth-order valence-electron chi connectivity index (χ4n) is 4.60. The zero-order valence-corrected chi connectivity index (χ0v) is 16.8. The highest BCUT2D eigenvalue weighted by Crippen LogP contribution is 2.46. The van der Waals surface area contributed by atoms with Crippen molar-refractivity contribution in [2.24, 2.45) is 11.8 Å². The molecule has 4 rings (SSSR count). The average molecular weight is 396 g/mol. The van der Waals surface area contributed by atoms with Crippen molar-refractivity contribution in [3.63, 3.8) is 0 Å². The second-order valence-electron chi connectivity index (χ2n) is 7.74. The van der Waals surface area contributed by atoms with Gasteiger partial charge in [-0.3, -0.25) is 4.90 Å². The van der Waals surface area contributed by atoms with Crippen molar-refractivity contribution in [1.29, 1.82) is 0 Å². The minimum absolute atomic E-state index is 0. The van der Waals surface area contributed by atoms with Gasteiger partial charge in [-0.15, -0.1) is 12.4 Å². The van der Waals surface area contributed by atoms with E-state index in [-0.39, 0.29) is 18.4 Å². The molecule has 0 amide bonds. The van der Waals surface area contributed by atoms with Crippen molar-refractivity contribution < 1.29 is 19.0 Å². The highest BCUT2D eigenvalue weighted by molar-refractivity contribution is 5.89. The molecule has 3 aliphatic rings. The van der Waals surface area contributed by atoms with Crippen LogP contribution >= 0.6 is 12.4 Å². The lowest BCUT2D eigenvalue weighted by Gasteiger charge is -2.18. The number of benzene rings is 1. The topological polar surface area (TPSA) is 48.0 Å². The van der Waals surface area contributed by atoms with Crippen LogP contribution in [0.3, 0.4) is 0 Å². The molecule has 0 spiro atoms. The Morgan fingerprint density at radius 2 is 1.78 bits per heavy atom. The average Bonchev–Trinajstić information content (AvgIpc) is 3.35. The van der Waals surface area contributed by atoms with E-state index in [1.165, 1.54) is 12.8 Å². The molecule has 3 aliphatic heterocycles. The van der Waals surface area contributed by atoms with Gasteiger partial charge in [-0.25, -0.2) is 4.79 Å². The Balaban J connectivity index is 0.00000210. The lowest BCUT2D eigenvalue weighted by atomic mass is 9.82. The Hall–Kier alpha value is -1.30. The van der Waals surface area contributed by atoms with Crippen LogP contribution in [0.25, 0.3) is 0 Å². The van der Waals surface area contributed by atoms with E-state index in [0.717, 1.165) is 38.2 Å². The number of likely N-dealkylation sites (tertiary alicyclic amines) is 1. The molecule has 2 bridgehead atoms. The predicted octanol–water partition coefficient (Wildman–Crippen LogP) is 3.55. The summed E-state index contributed by atoms with van der Waals surface area (Å²) >= 11 is 0. The molecule has 150 valence electrons. The Kier molecular flexibility index (Phi) is 7.01. The van der Waals surface area contributed by atoms with E-state index < -0.39 is 0 Å². The monoisotopic (exact) mass is 395 g/mol. The standard InChI is InChI=1S/C21H29NO4.ClH/c1-2-3-11-24-16-6-4-15(5-7-16)21(23)25-12-10-22-13-17-18(14-22)20-9-8-19(17)26-20;/h4-7,17-20H,2-3,8-14H2,1H3;1H. The molecule has 1 aromatic carbocycles. The molecule has 6 heteroatoms. The first-order chi connectivity index (χ1) is 12.7. The van der Waals surface area contributed by atoms with Gasteiger partial charge in [0, 0.05) is 31.5 Å². The number of hydrogen-bond donors (Lipinski definition) is 0. The Morgan fingerprint density at radius 3 is 2.41 bits per heavy atom. The van der Waals surface area contributed by atoms with Gasteiger partial charge in [0.1, 0.15) is 12.4 Å². The van der Waals surface area contributed by atoms with E-state index in [1.807, 2.05) is 12.1 Å². The number of carbonyl (C=O) groups is 1. The molecule has 0 aromatic heterocycles. The third kappa shape index (κ3) is 4.58. The molecule has 4 unspecified atom stereocenters. The minimum Gasteiger partial charge on any atom is -0.494 e. The molecule has 4 atom stereocenters. The van der Waals surface area contributed by atoms with Gasteiger partial charge in [0.15, 0.2) is 0 Å². The van der Waals surface area contributed by atoms with E-state index in [2.05, 4.69) is 11.8 Å². The van der Waals surface area contributed by atoms with Crippen LogP contribution in [0.5, 0.6) is 5.75 Å². The molecule has 0 aliphatic carbocycles. The van der Waals surface area contributed by atoms with Gasteiger partial charge >= 0.3 is 5.97 Å². The number of carbonyl (C=O) groups excluding carboxylic acids is 1. The first kappa shape index (κ1) is 20.4. The maximum Gasteiger partial charge on any atom is 0.338 e. The predicted molar refractivity (Wildman–Crippen MR) is 106 cm³/mol. The summed E-state index contributed by atoms with van der Waals surface area (Å²) in [5.74, 6) is 1.94. The van der Waals surface area contributed by atoms with Crippen LogP contribution in [0.15, 0.2) is 24.3 Å². The van der Waals surface area contributed by atoms with E-state index in [0.29, 0.717) is 42.8 Å².